The van der Waals surface area contributed by atoms with Gasteiger partial charge in [0.2, 0.25) is 0 Å². The van der Waals surface area contributed by atoms with Gasteiger partial charge in [-0.3, -0.25) is 4.79 Å². The summed E-state index contributed by atoms with van der Waals surface area (Å²) in [6, 6.07) is 6.30. The third-order valence-corrected chi connectivity index (χ3v) is 4.09. The van der Waals surface area contributed by atoms with Gasteiger partial charge in [0, 0.05) is 23.9 Å². The summed E-state index contributed by atoms with van der Waals surface area (Å²) in [5.41, 5.74) is 8.84. The Bertz CT molecular complexity index is 473. The number of hydrogen-bond acceptors (Lipinski definition) is 4. The Labute approximate surface area is 120 Å². The van der Waals surface area contributed by atoms with Gasteiger partial charge in [0.15, 0.2) is 0 Å². The smallest absolute Gasteiger partial charge is 0.305 e. The summed E-state index contributed by atoms with van der Waals surface area (Å²) in [4.78, 5) is 11.1. The number of carbonyl (C=O) groups excluding carboxylic acids is 1. The molecule has 2 rings (SSSR count). The molecule has 0 radical (unpaired) electrons. The molecule has 0 aromatic heterocycles. The Morgan fingerprint density at radius 1 is 1.35 bits per heavy atom. The van der Waals surface area contributed by atoms with Gasteiger partial charge in [-0.25, -0.2) is 0 Å². The molecule has 1 aliphatic rings. The molecule has 110 valence electrons. The number of rotatable bonds is 6. The average Bonchev–Trinajstić information content (AvgIpc) is 2.78. The van der Waals surface area contributed by atoms with E-state index in [2.05, 4.69) is 10.8 Å². The first kappa shape index (κ1) is 14.9. The lowest BCUT2D eigenvalue weighted by Gasteiger charge is -2.18. The number of nitrogens with two attached hydrogens (primary N) is 1. The molecule has 20 heavy (non-hydrogen) atoms. The maximum absolute atomic E-state index is 11.1. The lowest BCUT2D eigenvalue weighted by Crippen LogP contribution is -2.25. The standard InChI is InChI=1S/C16H23NO3/c1-19-14-8-5-6-11-10-13(17)12(16(11)14)7-3-4-9-15(18)20-2/h5-6,8,12-13H,3-4,7,9-10,17H2,1-2H3. The van der Waals surface area contributed by atoms with Crippen molar-refractivity contribution in [2.45, 2.75) is 44.1 Å². The molecule has 0 heterocycles. The van der Waals surface area contributed by atoms with E-state index in [1.165, 1.54) is 18.2 Å². The van der Waals surface area contributed by atoms with E-state index < -0.39 is 0 Å². The van der Waals surface area contributed by atoms with Gasteiger partial charge in [-0.1, -0.05) is 18.6 Å². The summed E-state index contributed by atoms with van der Waals surface area (Å²) >= 11 is 0. The number of ether oxygens (including phenoxy) is 2. The molecule has 0 amide bonds. The van der Waals surface area contributed by atoms with E-state index in [1.54, 1.807) is 7.11 Å². The molecule has 0 saturated carbocycles. The SMILES string of the molecule is COC(=O)CCCCC1c2c(cccc2OC)CC1N. The van der Waals surface area contributed by atoms with Crippen LogP contribution in [0.1, 0.15) is 42.7 Å². The monoisotopic (exact) mass is 277 g/mol. The van der Waals surface area contributed by atoms with Crippen LogP contribution in [0.3, 0.4) is 0 Å². The van der Waals surface area contributed by atoms with E-state index in [4.69, 9.17) is 10.5 Å². The molecule has 2 unspecified atom stereocenters. The third kappa shape index (κ3) is 3.12. The lowest BCUT2D eigenvalue weighted by molar-refractivity contribution is -0.140. The number of unbranched alkanes of at least 4 members (excludes halogenated alkanes) is 1. The maximum Gasteiger partial charge on any atom is 0.305 e. The van der Waals surface area contributed by atoms with E-state index in [1.807, 2.05) is 12.1 Å². The van der Waals surface area contributed by atoms with Crippen LogP contribution in [0, 0.1) is 0 Å². The highest BCUT2D eigenvalue weighted by atomic mass is 16.5. The quantitative estimate of drug-likeness (QED) is 0.640. The second-order valence-corrected chi connectivity index (χ2v) is 5.33. The predicted molar refractivity (Wildman–Crippen MR) is 77.9 cm³/mol. The van der Waals surface area contributed by atoms with E-state index in [0.29, 0.717) is 12.3 Å². The summed E-state index contributed by atoms with van der Waals surface area (Å²) in [5, 5.41) is 0. The fourth-order valence-electron chi connectivity index (χ4n) is 3.07. The number of hydrogen-bond donors (Lipinski definition) is 1. The van der Waals surface area contributed by atoms with Crippen LogP contribution < -0.4 is 10.5 Å². The van der Waals surface area contributed by atoms with Crippen molar-refractivity contribution < 1.29 is 14.3 Å². The molecule has 1 aromatic rings. The van der Waals surface area contributed by atoms with Crippen molar-refractivity contribution in [3.8, 4) is 5.75 Å². The second-order valence-electron chi connectivity index (χ2n) is 5.33. The number of esters is 1. The summed E-state index contributed by atoms with van der Waals surface area (Å²) in [5.74, 6) is 1.13. The molecule has 2 atom stereocenters. The van der Waals surface area contributed by atoms with E-state index >= 15 is 0 Å². The number of benzene rings is 1. The number of fused-ring (bicyclic) bond motifs is 1. The summed E-state index contributed by atoms with van der Waals surface area (Å²) in [6.45, 7) is 0. The van der Waals surface area contributed by atoms with Gasteiger partial charge in [0.1, 0.15) is 5.75 Å². The maximum atomic E-state index is 11.1. The number of methoxy groups -OCH3 is 2. The minimum absolute atomic E-state index is 0.140. The van der Waals surface area contributed by atoms with Crippen LogP contribution >= 0.6 is 0 Å². The first-order valence-corrected chi connectivity index (χ1v) is 7.15. The summed E-state index contributed by atoms with van der Waals surface area (Å²) < 4.78 is 10.1. The third-order valence-electron chi connectivity index (χ3n) is 4.09. The van der Waals surface area contributed by atoms with Gasteiger partial charge < -0.3 is 15.2 Å². The summed E-state index contributed by atoms with van der Waals surface area (Å²) in [6.07, 6.45) is 4.21. The molecule has 0 spiro atoms. The lowest BCUT2D eigenvalue weighted by atomic mass is 9.92. The Morgan fingerprint density at radius 3 is 2.85 bits per heavy atom. The zero-order valence-electron chi connectivity index (χ0n) is 12.2. The molecule has 0 bridgehead atoms. The Kier molecular flexibility index (Phi) is 5.01. The molecule has 0 saturated heterocycles. The highest BCUT2D eigenvalue weighted by Gasteiger charge is 2.32. The van der Waals surface area contributed by atoms with E-state index in [9.17, 15) is 4.79 Å². The van der Waals surface area contributed by atoms with Crippen LogP contribution in [0.25, 0.3) is 0 Å². The topological polar surface area (TPSA) is 61.5 Å². The molecular weight excluding hydrogens is 254 g/mol. The van der Waals surface area contributed by atoms with Gasteiger partial charge in [-0.15, -0.1) is 0 Å². The Balaban J connectivity index is 1.98. The molecular formula is C16H23NO3. The largest absolute Gasteiger partial charge is 0.496 e. The average molecular weight is 277 g/mol. The van der Waals surface area contributed by atoms with Crippen molar-refractivity contribution in [2.24, 2.45) is 5.73 Å². The Morgan fingerprint density at radius 2 is 2.15 bits per heavy atom. The first-order chi connectivity index (χ1) is 9.67. The van der Waals surface area contributed by atoms with Crippen LogP contribution in [0.5, 0.6) is 5.75 Å². The van der Waals surface area contributed by atoms with Crippen LogP contribution in [0.4, 0.5) is 0 Å². The fourth-order valence-corrected chi connectivity index (χ4v) is 3.07. The van der Waals surface area contributed by atoms with Crippen LogP contribution in [-0.2, 0) is 16.0 Å². The molecule has 1 aromatic carbocycles. The molecule has 4 heteroatoms. The van der Waals surface area contributed by atoms with Gasteiger partial charge >= 0.3 is 5.97 Å². The van der Waals surface area contributed by atoms with Gasteiger partial charge in [-0.2, -0.15) is 0 Å². The minimum atomic E-state index is -0.140. The first-order valence-electron chi connectivity index (χ1n) is 7.15. The van der Waals surface area contributed by atoms with Gasteiger partial charge in [-0.05, 0) is 30.9 Å². The van der Waals surface area contributed by atoms with Crippen molar-refractivity contribution in [1.82, 2.24) is 0 Å². The zero-order valence-corrected chi connectivity index (χ0v) is 12.2. The normalized spacial score (nSPS) is 20.6. The van der Waals surface area contributed by atoms with Crippen LogP contribution in [0.15, 0.2) is 18.2 Å². The molecule has 2 N–H and O–H groups in total. The summed E-state index contributed by atoms with van der Waals surface area (Å²) in [7, 11) is 3.13. The van der Waals surface area contributed by atoms with E-state index in [0.717, 1.165) is 31.4 Å². The number of carbonyl (C=O) groups is 1. The van der Waals surface area contributed by atoms with Gasteiger partial charge in [0.05, 0.1) is 14.2 Å². The van der Waals surface area contributed by atoms with Crippen molar-refractivity contribution in [1.29, 1.82) is 0 Å². The van der Waals surface area contributed by atoms with Crippen molar-refractivity contribution in [2.75, 3.05) is 14.2 Å². The van der Waals surface area contributed by atoms with Gasteiger partial charge in [0.25, 0.3) is 0 Å². The molecule has 1 aliphatic carbocycles. The molecule has 0 fully saturated rings. The van der Waals surface area contributed by atoms with Crippen LogP contribution in [-0.4, -0.2) is 26.2 Å². The van der Waals surface area contributed by atoms with E-state index in [-0.39, 0.29) is 12.0 Å². The Hall–Kier alpha value is -1.55. The second kappa shape index (κ2) is 6.75. The minimum Gasteiger partial charge on any atom is -0.496 e. The van der Waals surface area contributed by atoms with Crippen molar-refractivity contribution in [3.05, 3.63) is 29.3 Å². The highest BCUT2D eigenvalue weighted by Crippen LogP contribution is 2.41. The van der Waals surface area contributed by atoms with Crippen LogP contribution in [0.2, 0.25) is 0 Å². The van der Waals surface area contributed by atoms with Crippen molar-refractivity contribution >= 4 is 5.97 Å². The molecule has 0 aliphatic heterocycles. The molecule has 4 nitrogen and oxygen atoms in total. The fraction of sp³-hybridized carbons (Fsp3) is 0.562. The highest BCUT2D eigenvalue weighted by molar-refractivity contribution is 5.68. The predicted octanol–water partition coefficient (Wildman–Crippen LogP) is 2.40. The zero-order chi connectivity index (χ0) is 14.5. The van der Waals surface area contributed by atoms with Crippen molar-refractivity contribution in [3.63, 3.8) is 0 Å².